The summed E-state index contributed by atoms with van der Waals surface area (Å²) < 4.78 is 25.4. The highest BCUT2D eigenvalue weighted by molar-refractivity contribution is 8.00. The Labute approximate surface area is 117 Å². The number of amides is 1. The molecule has 106 valence electrons. The monoisotopic (exact) mass is 303 g/mol. The van der Waals surface area contributed by atoms with Gasteiger partial charge in [-0.25, -0.2) is 13.1 Å². The predicted molar refractivity (Wildman–Crippen MR) is 77.4 cm³/mol. The topological polar surface area (TPSA) is 101 Å². The number of nitrogen functional groups attached to an aromatic ring is 1. The number of benzene rings is 1. The normalized spacial score (nSPS) is 11.2. The Kier molecular flexibility index (Phi) is 6.13. The van der Waals surface area contributed by atoms with E-state index >= 15 is 0 Å². The van der Waals surface area contributed by atoms with Gasteiger partial charge in [0.1, 0.15) is 0 Å². The van der Waals surface area contributed by atoms with E-state index < -0.39 is 10.0 Å². The zero-order valence-corrected chi connectivity index (χ0v) is 12.2. The second-order valence-electron chi connectivity index (χ2n) is 3.70. The molecule has 0 bridgehead atoms. The van der Waals surface area contributed by atoms with Gasteiger partial charge >= 0.3 is 0 Å². The molecule has 0 saturated carbocycles. The maximum absolute atomic E-state index is 11.6. The first-order valence-corrected chi connectivity index (χ1v) is 8.23. The third kappa shape index (κ3) is 5.95. The van der Waals surface area contributed by atoms with Crippen molar-refractivity contribution in [2.45, 2.75) is 4.90 Å². The molecule has 0 aliphatic heterocycles. The molecule has 1 amide bonds. The van der Waals surface area contributed by atoms with Crippen LogP contribution in [-0.2, 0) is 14.8 Å². The number of carbonyl (C=O) groups excluding carboxylic acids is 1. The van der Waals surface area contributed by atoms with E-state index in [1.165, 1.54) is 18.8 Å². The molecule has 0 fully saturated rings. The van der Waals surface area contributed by atoms with Gasteiger partial charge in [-0.05, 0) is 12.1 Å². The maximum Gasteiger partial charge on any atom is 0.234 e. The number of anilines is 1. The van der Waals surface area contributed by atoms with Crippen LogP contribution in [-0.4, -0.2) is 39.4 Å². The summed E-state index contributed by atoms with van der Waals surface area (Å²) in [6.07, 6.45) is 0. The van der Waals surface area contributed by atoms with Crippen molar-refractivity contribution in [1.82, 2.24) is 10.0 Å². The van der Waals surface area contributed by atoms with Gasteiger partial charge < -0.3 is 11.1 Å². The Bertz CT molecular complexity index is 532. The molecule has 8 heteroatoms. The fourth-order valence-corrected chi connectivity index (χ4v) is 3.55. The van der Waals surface area contributed by atoms with Crippen LogP contribution in [0.4, 0.5) is 5.69 Å². The number of likely N-dealkylation sites (N-methyl/N-ethyl adjacent to an activating group) is 1. The minimum Gasteiger partial charge on any atom is -0.398 e. The fraction of sp³-hybridized carbons (Fsp3) is 0.364. The zero-order valence-electron chi connectivity index (χ0n) is 10.5. The summed E-state index contributed by atoms with van der Waals surface area (Å²) in [6.45, 7) is -0.239. The van der Waals surface area contributed by atoms with Crippen LogP contribution < -0.4 is 15.8 Å². The molecule has 0 aliphatic rings. The van der Waals surface area contributed by atoms with Crippen LogP contribution in [0.5, 0.6) is 0 Å². The van der Waals surface area contributed by atoms with Gasteiger partial charge in [0.25, 0.3) is 0 Å². The van der Waals surface area contributed by atoms with Gasteiger partial charge in [-0.2, -0.15) is 0 Å². The van der Waals surface area contributed by atoms with Gasteiger partial charge in [0.05, 0.1) is 12.3 Å². The Hall–Kier alpha value is -1.25. The Morgan fingerprint density at radius 3 is 2.68 bits per heavy atom. The average Bonchev–Trinajstić information content (AvgIpc) is 2.38. The van der Waals surface area contributed by atoms with E-state index in [-0.39, 0.29) is 18.2 Å². The van der Waals surface area contributed by atoms with Crippen molar-refractivity contribution in [3.63, 3.8) is 0 Å². The Balaban J connectivity index is 2.40. The largest absolute Gasteiger partial charge is 0.398 e. The Morgan fingerprint density at radius 2 is 2.05 bits per heavy atom. The highest BCUT2D eigenvalue weighted by Gasteiger charge is 2.12. The molecule has 0 aromatic heterocycles. The highest BCUT2D eigenvalue weighted by Crippen LogP contribution is 2.24. The third-order valence-electron chi connectivity index (χ3n) is 2.26. The lowest BCUT2D eigenvalue weighted by Gasteiger charge is -2.07. The lowest BCUT2D eigenvalue weighted by Crippen LogP contribution is -2.36. The van der Waals surface area contributed by atoms with Crippen LogP contribution in [0.15, 0.2) is 29.2 Å². The van der Waals surface area contributed by atoms with Gasteiger partial charge in [0.2, 0.25) is 15.9 Å². The lowest BCUT2D eigenvalue weighted by atomic mass is 10.3. The van der Waals surface area contributed by atoms with Crippen molar-refractivity contribution < 1.29 is 13.2 Å². The van der Waals surface area contributed by atoms with Crippen molar-refractivity contribution >= 4 is 33.4 Å². The van der Waals surface area contributed by atoms with E-state index in [1.54, 1.807) is 6.07 Å². The maximum atomic E-state index is 11.6. The van der Waals surface area contributed by atoms with Crippen LogP contribution in [0.1, 0.15) is 0 Å². The van der Waals surface area contributed by atoms with Gasteiger partial charge in [-0.3, -0.25) is 4.79 Å². The molecule has 0 radical (unpaired) electrons. The second kappa shape index (κ2) is 7.37. The summed E-state index contributed by atoms with van der Waals surface area (Å²) in [5.41, 5.74) is 6.38. The zero-order chi connectivity index (χ0) is 14.3. The molecule has 1 aromatic carbocycles. The molecule has 4 N–H and O–H groups in total. The van der Waals surface area contributed by atoms with Gasteiger partial charge in [-0.1, -0.05) is 12.1 Å². The number of hydrogen-bond donors (Lipinski definition) is 3. The lowest BCUT2D eigenvalue weighted by molar-refractivity contribution is -0.119. The predicted octanol–water partition coefficient (Wildman–Crippen LogP) is 0.0263. The fourth-order valence-electron chi connectivity index (χ4n) is 1.21. The summed E-state index contributed by atoms with van der Waals surface area (Å²) in [6, 6.07) is 7.27. The van der Waals surface area contributed by atoms with Crippen molar-refractivity contribution in [3.8, 4) is 0 Å². The molecule has 6 nitrogen and oxygen atoms in total. The quantitative estimate of drug-likeness (QED) is 0.487. The first kappa shape index (κ1) is 15.8. The van der Waals surface area contributed by atoms with Crippen LogP contribution in [0.2, 0.25) is 0 Å². The molecular weight excluding hydrogens is 286 g/mol. The van der Waals surface area contributed by atoms with E-state index in [0.29, 0.717) is 11.4 Å². The van der Waals surface area contributed by atoms with Crippen molar-refractivity contribution in [2.24, 2.45) is 0 Å². The van der Waals surface area contributed by atoms with Crippen molar-refractivity contribution in [2.75, 3.05) is 30.8 Å². The molecule has 0 aliphatic carbocycles. The number of para-hydroxylation sites is 1. The van der Waals surface area contributed by atoms with Gasteiger partial charge in [0.15, 0.2) is 0 Å². The summed E-state index contributed by atoms with van der Waals surface area (Å²) in [4.78, 5) is 11.8. The number of sulfonamides is 1. The number of nitrogens with two attached hydrogens (primary N) is 1. The summed E-state index contributed by atoms with van der Waals surface area (Å²) in [5, 5.41) is 2.34. The van der Waals surface area contributed by atoms with E-state index in [9.17, 15) is 13.2 Å². The molecule has 19 heavy (non-hydrogen) atoms. The van der Waals surface area contributed by atoms with Gasteiger partial charge in [-0.15, -0.1) is 11.8 Å². The summed E-state index contributed by atoms with van der Waals surface area (Å²) >= 11 is 1.37. The Morgan fingerprint density at radius 1 is 1.37 bits per heavy atom. The molecule has 0 saturated heterocycles. The highest BCUT2D eigenvalue weighted by atomic mass is 32.2. The standard InChI is InChI=1S/C11H17N3O3S2/c1-13-11(15)8-14-19(16,17)7-6-18-10-5-3-2-4-9(10)12/h2-5,14H,6-8,12H2,1H3,(H,13,15). The van der Waals surface area contributed by atoms with Crippen LogP contribution in [0.3, 0.4) is 0 Å². The van der Waals surface area contributed by atoms with E-state index in [0.717, 1.165) is 4.90 Å². The average molecular weight is 303 g/mol. The van der Waals surface area contributed by atoms with Gasteiger partial charge in [0, 0.05) is 23.4 Å². The first-order valence-electron chi connectivity index (χ1n) is 5.60. The van der Waals surface area contributed by atoms with E-state index in [1.807, 2.05) is 18.2 Å². The molecule has 1 aromatic rings. The number of rotatable bonds is 7. The molecular formula is C11H17N3O3S2. The van der Waals surface area contributed by atoms with Crippen molar-refractivity contribution in [1.29, 1.82) is 0 Å². The first-order chi connectivity index (χ1) is 8.94. The van der Waals surface area contributed by atoms with Crippen LogP contribution in [0, 0.1) is 0 Å². The number of thioether (sulfide) groups is 1. The number of nitrogens with one attached hydrogen (secondary N) is 2. The summed E-state index contributed by atoms with van der Waals surface area (Å²) in [7, 11) is -1.99. The van der Waals surface area contributed by atoms with Crippen LogP contribution >= 0.6 is 11.8 Å². The summed E-state index contributed by atoms with van der Waals surface area (Å²) in [5.74, 6) is -0.0659. The van der Waals surface area contributed by atoms with Crippen molar-refractivity contribution in [3.05, 3.63) is 24.3 Å². The van der Waals surface area contributed by atoms with E-state index in [4.69, 9.17) is 5.73 Å². The van der Waals surface area contributed by atoms with Crippen LogP contribution in [0.25, 0.3) is 0 Å². The number of carbonyl (C=O) groups is 1. The SMILES string of the molecule is CNC(=O)CNS(=O)(=O)CCSc1ccccc1N. The molecule has 0 atom stereocenters. The molecule has 0 heterocycles. The minimum absolute atomic E-state index is 0.0665. The number of hydrogen-bond acceptors (Lipinski definition) is 5. The second-order valence-corrected chi connectivity index (χ2v) is 6.76. The molecule has 0 unspecified atom stereocenters. The van der Waals surface area contributed by atoms with E-state index in [2.05, 4.69) is 10.0 Å². The smallest absolute Gasteiger partial charge is 0.234 e. The third-order valence-corrected chi connectivity index (χ3v) is 4.94. The molecule has 0 spiro atoms. The molecule has 1 rings (SSSR count). The minimum atomic E-state index is -3.44.